The molecule has 0 fully saturated rings. The van der Waals surface area contributed by atoms with Crippen molar-refractivity contribution in [1.82, 2.24) is 4.90 Å². The molecule has 0 spiro atoms. The van der Waals surface area contributed by atoms with Crippen molar-refractivity contribution in [3.63, 3.8) is 0 Å². The van der Waals surface area contributed by atoms with Crippen LogP contribution in [-0.4, -0.2) is 48.2 Å². The zero-order valence-corrected chi connectivity index (χ0v) is 9.74. The first-order chi connectivity index (χ1) is 6.80. The second-order valence-electron chi connectivity index (χ2n) is 3.92. The van der Waals surface area contributed by atoms with E-state index in [0.717, 1.165) is 0 Å². The van der Waals surface area contributed by atoms with E-state index in [1.807, 2.05) is 0 Å². The number of carboxylic acid groups (broad SMARTS) is 1. The third-order valence-corrected chi connectivity index (χ3v) is 2.56. The molecule has 5 heteroatoms. The Bertz CT molecular complexity index is 240. The third-order valence-electron chi connectivity index (χ3n) is 2.56. The van der Waals surface area contributed by atoms with Crippen molar-refractivity contribution in [3.8, 4) is 0 Å². The summed E-state index contributed by atoms with van der Waals surface area (Å²) in [6.45, 7) is 3.26. The molecule has 0 heterocycles. The highest BCUT2D eigenvalue weighted by Gasteiger charge is 2.34. The molecule has 0 aromatic carbocycles. The summed E-state index contributed by atoms with van der Waals surface area (Å²) in [4.78, 5) is 23.2. The van der Waals surface area contributed by atoms with Crippen molar-refractivity contribution >= 4 is 11.9 Å². The maximum absolute atomic E-state index is 11.0. The molecule has 0 rings (SSSR count). The summed E-state index contributed by atoms with van der Waals surface area (Å²) in [5.74, 6) is -1.20. The van der Waals surface area contributed by atoms with Crippen LogP contribution in [0.1, 0.15) is 26.7 Å². The molecule has 0 saturated carbocycles. The summed E-state index contributed by atoms with van der Waals surface area (Å²) in [5.41, 5.74) is -0.903. The van der Waals surface area contributed by atoms with Crippen LogP contribution >= 0.6 is 0 Å². The van der Waals surface area contributed by atoms with Gasteiger partial charge < -0.3 is 9.84 Å². The molecule has 0 saturated heterocycles. The van der Waals surface area contributed by atoms with E-state index in [4.69, 9.17) is 9.84 Å². The van der Waals surface area contributed by atoms with Crippen molar-refractivity contribution in [2.45, 2.75) is 32.2 Å². The van der Waals surface area contributed by atoms with Crippen LogP contribution in [0.2, 0.25) is 0 Å². The van der Waals surface area contributed by atoms with E-state index in [9.17, 15) is 9.59 Å². The molecule has 0 aromatic heterocycles. The maximum Gasteiger partial charge on any atom is 0.323 e. The first kappa shape index (κ1) is 13.9. The largest absolute Gasteiger partial charge is 0.480 e. The van der Waals surface area contributed by atoms with Crippen LogP contribution in [0.5, 0.6) is 0 Å². The van der Waals surface area contributed by atoms with Gasteiger partial charge in [-0.25, -0.2) is 0 Å². The van der Waals surface area contributed by atoms with E-state index in [2.05, 4.69) is 0 Å². The Labute approximate surface area is 90.0 Å². The topological polar surface area (TPSA) is 66.8 Å². The van der Waals surface area contributed by atoms with Crippen LogP contribution in [0.4, 0.5) is 0 Å². The van der Waals surface area contributed by atoms with Crippen LogP contribution in [0.25, 0.3) is 0 Å². The van der Waals surface area contributed by atoms with Gasteiger partial charge in [0.1, 0.15) is 5.54 Å². The molecule has 0 aromatic rings. The highest BCUT2D eigenvalue weighted by Crippen LogP contribution is 2.18. The molecule has 0 aliphatic rings. The quantitative estimate of drug-likeness (QED) is 0.525. The molecule has 0 aliphatic carbocycles. The molecule has 0 bridgehead atoms. The summed E-state index contributed by atoms with van der Waals surface area (Å²) in [7, 11) is 3.44. The molecule has 1 atom stereocenters. The van der Waals surface area contributed by atoms with Crippen molar-refractivity contribution in [1.29, 1.82) is 0 Å². The van der Waals surface area contributed by atoms with Gasteiger partial charge in [-0.05, 0) is 33.9 Å². The lowest BCUT2D eigenvalue weighted by Gasteiger charge is -2.31. The van der Waals surface area contributed by atoms with Crippen LogP contribution in [0.3, 0.4) is 0 Å². The average Bonchev–Trinajstić information content (AvgIpc) is 2.10. The lowest BCUT2D eigenvalue weighted by Crippen LogP contribution is -2.48. The monoisotopic (exact) mass is 217 g/mol. The molecule has 0 aliphatic heterocycles. The minimum absolute atomic E-state index is 0.270. The smallest absolute Gasteiger partial charge is 0.323 e. The van der Waals surface area contributed by atoms with Crippen LogP contribution in [0, 0.1) is 0 Å². The first-order valence-corrected chi connectivity index (χ1v) is 4.85. The zero-order chi connectivity index (χ0) is 12.1. The van der Waals surface area contributed by atoms with Gasteiger partial charge in [0.2, 0.25) is 0 Å². The van der Waals surface area contributed by atoms with Crippen molar-refractivity contribution < 1.29 is 19.4 Å². The summed E-state index contributed by atoms with van der Waals surface area (Å²) in [6, 6.07) is 0. The van der Waals surface area contributed by atoms with E-state index < -0.39 is 11.5 Å². The van der Waals surface area contributed by atoms with Gasteiger partial charge in [0.25, 0.3) is 0 Å². The fourth-order valence-electron chi connectivity index (χ4n) is 1.15. The second kappa shape index (κ2) is 5.70. The van der Waals surface area contributed by atoms with Gasteiger partial charge >= 0.3 is 11.9 Å². The number of carboxylic acids is 1. The van der Waals surface area contributed by atoms with E-state index in [-0.39, 0.29) is 12.6 Å². The fourth-order valence-corrected chi connectivity index (χ4v) is 1.15. The Morgan fingerprint density at radius 1 is 1.40 bits per heavy atom. The summed E-state index contributed by atoms with van der Waals surface area (Å²) < 4.78 is 4.75. The Morgan fingerprint density at radius 2 is 1.93 bits per heavy atom. The van der Waals surface area contributed by atoms with E-state index >= 15 is 0 Å². The zero-order valence-electron chi connectivity index (χ0n) is 9.74. The van der Waals surface area contributed by atoms with Crippen molar-refractivity contribution in [2.75, 3.05) is 20.7 Å². The SMILES string of the molecule is CC(=O)OCCCC(C)(C(=O)O)N(C)C. The Kier molecular flexibility index (Phi) is 5.28. The van der Waals surface area contributed by atoms with Gasteiger partial charge in [-0.15, -0.1) is 0 Å². The van der Waals surface area contributed by atoms with Gasteiger partial charge in [-0.2, -0.15) is 0 Å². The molecular formula is C10H19NO4. The normalized spacial score (nSPS) is 14.7. The number of hydrogen-bond acceptors (Lipinski definition) is 4. The van der Waals surface area contributed by atoms with E-state index in [1.54, 1.807) is 25.9 Å². The minimum Gasteiger partial charge on any atom is -0.480 e. The molecule has 1 N–H and O–H groups in total. The van der Waals surface area contributed by atoms with E-state index in [0.29, 0.717) is 12.8 Å². The van der Waals surface area contributed by atoms with Gasteiger partial charge in [0.05, 0.1) is 6.61 Å². The van der Waals surface area contributed by atoms with Crippen molar-refractivity contribution in [2.24, 2.45) is 0 Å². The van der Waals surface area contributed by atoms with Gasteiger partial charge in [-0.3, -0.25) is 14.5 Å². The highest BCUT2D eigenvalue weighted by atomic mass is 16.5. The van der Waals surface area contributed by atoms with Crippen LogP contribution in [0.15, 0.2) is 0 Å². The number of carbonyl (C=O) groups is 2. The number of hydrogen-bond donors (Lipinski definition) is 1. The summed E-state index contributed by atoms with van der Waals surface area (Å²) in [5, 5.41) is 9.06. The Morgan fingerprint density at radius 3 is 2.27 bits per heavy atom. The molecular weight excluding hydrogens is 198 g/mol. The molecule has 5 nitrogen and oxygen atoms in total. The van der Waals surface area contributed by atoms with Crippen LogP contribution in [-0.2, 0) is 14.3 Å². The van der Waals surface area contributed by atoms with Gasteiger partial charge in [-0.1, -0.05) is 0 Å². The number of esters is 1. The molecule has 1 unspecified atom stereocenters. The first-order valence-electron chi connectivity index (χ1n) is 4.85. The fraction of sp³-hybridized carbons (Fsp3) is 0.800. The van der Waals surface area contributed by atoms with Gasteiger partial charge in [0.15, 0.2) is 0 Å². The number of aliphatic carboxylic acids is 1. The van der Waals surface area contributed by atoms with Crippen LogP contribution < -0.4 is 0 Å². The Balaban J connectivity index is 4.09. The number of ether oxygens (including phenoxy) is 1. The summed E-state index contributed by atoms with van der Waals surface area (Å²) >= 11 is 0. The maximum atomic E-state index is 11.0. The van der Waals surface area contributed by atoms with Gasteiger partial charge in [0, 0.05) is 6.92 Å². The van der Waals surface area contributed by atoms with E-state index in [1.165, 1.54) is 6.92 Å². The molecule has 15 heavy (non-hydrogen) atoms. The highest BCUT2D eigenvalue weighted by molar-refractivity contribution is 5.78. The predicted octanol–water partition coefficient (Wildman–Crippen LogP) is 0.735. The Hall–Kier alpha value is -1.10. The number of carbonyl (C=O) groups excluding carboxylic acids is 1. The summed E-state index contributed by atoms with van der Waals surface area (Å²) in [6.07, 6.45) is 0.989. The lowest BCUT2D eigenvalue weighted by molar-refractivity contribution is -0.149. The number of likely N-dealkylation sites (N-methyl/N-ethyl adjacent to an activating group) is 1. The molecule has 0 amide bonds. The standard InChI is InChI=1S/C10H19NO4/c1-8(12)15-7-5-6-10(2,9(13)14)11(3)4/h5-7H2,1-4H3,(H,13,14). The molecule has 0 radical (unpaired) electrons. The number of nitrogens with zero attached hydrogens (tertiary/aromatic N) is 1. The van der Waals surface area contributed by atoms with Crippen molar-refractivity contribution in [3.05, 3.63) is 0 Å². The number of rotatable bonds is 6. The third kappa shape index (κ3) is 4.29. The average molecular weight is 217 g/mol. The minimum atomic E-state index is -0.903. The predicted molar refractivity (Wildman–Crippen MR) is 55.6 cm³/mol. The molecule has 88 valence electrons. The second-order valence-corrected chi connectivity index (χ2v) is 3.92. The lowest BCUT2D eigenvalue weighted by atomic mass is 9.95.